The molecular weight excluding hydrogens is 587 g/mol. The smallest absolute Gasteiger partial charge is 0.119 e. The third-order valence-corrected chi connectivity index (χ3v) is 11.4. The number of rotatable bonds is 18. The summed E-state index contributed by atoms with van der Waals surface area (Å²) in [5, 5.41) is 9.65. The van der Waals surface area contributed by atoms with E-state index in [-0.39, 0.29) is 0 Å². The first-order chi connectivity index (χ1) is 21.9. The van der Waals surface area contributed by atoms with E-state index in [4.69, 9.17) is 4.74 Å². The van der Waals surface area contributed by atoms with E-state index < -0.39 is 0 Å². The van der Waals surface area contributed by atoms with Crippen molar-refractivity contribution in [3.63, 3.8) is 0 Å². The van der Waals surface area contributed by atoms with Crippen LogP contribution in [0.15, 0.2) is 66.7 Å². The van der Waals surface area contributed by atoms with E-state index in [0.29, 0.717) is 17.4 Å². The summed E-state index contributed by atoms with van der Waals surface area (Å²) < 4.78 is 6.04. The zero-order chi connectivity index (χ0) is 32.0. The van der Waals surface area contributed by atoms with Crippen molar-refractivity contribution in [2.45, 2.75) is 111 Å². The Bertz CT molecular complexity index is 1520. The SMILES string of the molecule is CCCCCCc1cc(-c2sc(C(C)C)cc2CCCCCCOc2ccc(/C(C#N)=C/c3ccccc3)cc2)sc1C(C)C. The maximum absolute atomic E-state index is 9.65. The Morgan fingerprint density at radius 1 is 0.778 bits per heavy atom. The molecule has 238 valence electrons. The molecule has 0 unspecified atom stereocenters. The lowest BCUT2D eigenvalue weighted by molar-refractivity contribution is 0.304. The van der Waals surface area contributed by atoms with Gasteiger partial charge >= 0.3 is 0 Å². The minimum Gasteiger partial charge on any atom is -0.494 e. The highest BCUT2D eigenvalue weighted by Gasteiger charge is 2.19. The lowest BCUT2D eigenvalue weighted by Crippen LogP contribution is -1.97. The quantitative estimate of drug-likeness (QED) is 0.0618. The summed E-state index contributed by atoms with van der Waals surface area (Å²) in [6.45, 7) is 12.4. The number of nitriles is 1. The number of allylic oxidation sites excluding steroid dienone is 1. The molecule has 0 atom stereocenters. The highest BCUT2D eigenvalue weighted by atomic mass is 32.1. The van der Waals surface area contributed by atoms with Gasteiger partial charge in [0.15, 0.2) is 0 Å². The lowest BCUT2D eigenvalue weighted by atomic mass is 10.0. The molecule has 0 spiro atoms. The van der Waals surface area contributed by atoms with Crippen molar-refractivity contribution in [1.82, 2.24) is 0 Å². The average Bonchev–Trinajstić information content (AvgIpc) is 3.67. The van der Waals surface area contributed by atoms with Crippen LogP contribution in [-0.2, 0) is 12.8 Å². The molecule has 0 N–H and O–H groups in total. The van der Waals surface area contributed by atoms with Crippen molar-refractivity contribution in [3.8, 4) is 21.6 Å². The number of benzene rings is 2. The van der Waals surface area contributed by atoms with Crippen LogP contribution in [0.2, 0.25) is 0 Å². The highest BCUT2D eigenvalue weighted by Crippen LogP contribution is 2.43. The second kappa shape index (κ2) is 18.1. The van der Waals surface area contributed by atoms with Gasteiger partial charge in [0.2, 0.25) is 0 Å². The van der Waals surface area contributed by atoms with Gasteiger partial charge in [-0.2, -0.15) is 5.26 Å². The molecule has 0 aliphatic heterocycles. The van der Waals surface area contributed by atoms with Crippen molar-refractivity contribution < 1.29 is 4.74 Å². The second-order valence-electron chi connectivity index (χ2n) is 12.7. The summed E-state index contributed by atoms with van der Waals surface area (Å²) in [6, 6.07) is 25.2. The first kappa shape index (κ1) is 34.7. The van der Waals surface area contributed by atoms with Gasteiger partial charge in [0.05, 0.1) is 18.2 Å². The first-order valence-corrected chi connectivity index (χ1v) is 18.7. The van der Waals surface area contributed by atoms with E-state index in [1.807, 2.05) is 72.0 Å². The van der Waals surface area contributed by atoms with Crippen LogP contribution in [0.25, 0.3) is 21.4 Å². The Kier molecular flexibility index (Phi) is 14.0. The van der Waals surface area contributed by atoms with E-state index in [2.05, 4.69) is 64.2 Å². The Labute approximate surface area is 280 Å². The molecule has 0 bridgehead atoms. The number of hydrogen-bond donors (Lipinski definition) is 0. The molecule has 2 heterocycles. The summed E-state index contributed by atoms with van der Waals surface area (Å²) in [4.78, 5) is 6.12. The van der Waals surface area contributed by atoms with Crippen molar-refractivity contribution >= 4 is 34.3 Å². The Morgan fingerprint density at radius 2 is 1.47 bits per heavy atom. The zero-order valence-electron chi connectivity index (χ0n) is 28.0. The molecule has 0 saturated carbocycles. The van der Waals surface area contributed by atoms with Crippen LogP contribution in [0, 0.1) is 11.3 Å². The Morgan fingerprint density at radius 3 is 2.13 bits per heavy atom. The van der Waals surface area contributed by atoms with E-state index in [1.165, 1.54) is 66.0 Å². The molecule has 0 aliphatic rings. The van der Waals surface area contributed by atoms with E-state index in [0.717, 1.165) is 36.3 Å². The van der Waals surface area contributed by atoms with Gasteiger partial charge < -0.3 is 4.74 Å². The van der Waals surface area contributed by atoms with Gasteiger partial charge in [-0.15, -0.1) is 22.7 Å². The summed E-state index contributed by atoms with van der Waals surface area (Å²) in [5.41, 5.74) is 5.74. The molecule has 4 aromatic rings. The van der Waals surface area contributed by atoms with E-state index >= 15 is 0 Å². The van der Waals surface area contributed by atoms with Crippen LogP contribution in [0.1, 0.15) is 130 Å². The Hall–Kier alpha value is -3.13. The molecule has 45 heavy (non-hydrogen) atoms. The molecule has 0 amide bonds. The standard InChI is InChI=1S/C41H51NOS2/c1-6-7-8-14-19-34-28-39(45-40(34)31(4)5)41-35(27-38(44-41)30(2)3)20-15-9-10-16-25-43-37-23-21-33(22-24-37)36(29-42)26-32-17-12-11-13-18-32/h11-13,17-18,21-24,26-28,30-31H,6-10,14-16,19-20,25H2,1-5H3/b36-26+. The maximum atomic E-state index is 9.65. The van der Waals surface area contributed by atoms with Crippen LogP contribution in [0.4, 0.5) is 0 Å². The number of ether oxygens (including phenoxy) is 1. The fraction of sp³-hybridized carbons (Fsp3) is 0.439. The molecule has 0 aliphatic carbocycles. The molecule has 2 nitrogen and oxygen atoms in total. The number of aryl methyl sites for hydroxylation is 2. The average molecular weight is 638 g/mol. The summed E-state index contributed by atoms with van der Waals surface area (Å²) >= 11 is 4.08. The third kappa shape index (κ3) is 10.5. The minimum atomic E-state index is 0.568. The normalized spacial score (nSPS) is 11.8. The van der Waals surface area contributed by atoms with E-state index in [1.54, 1.807) is 16.0 Å². The molecule has 0 fully saturated rings. The molecule has 0 saturated heterocycles. The van der Waals surface area contributed by atoms with Crippen molar-refractivity contribution in [2.24, 2.45) is 0 Å². The third-order valence-electron chi connectivity index (χ3n) is 8.29. The highest BCUT2D eigenvalue weighted by molar-refractivity contribution is 7.22. The number of nitrogens with zero attached hydrogens (tertiary/aromatic N) is 1. The van der Waals surface area contributed by atoms with Gasteiger partial charge in [-0.1, -0.05) is 97.1 Å². The van der Waals surface area contributed by atoms with Crippen LogP contribution >= 0.6 is 22.7 Å². The van der Waals surface area contributed by atoms with Crippen LogP contribution in [0.5, 0.6) is 5.75 Å². The van der Waals surface area contributed by atoms with Crippen LogP contribution in [0.3, 0.4) is 0 Å². The number of hydrogen-bond acceptors (Lipinski definition) is 4. The number of unbranched alkanes of at least 4 members (excludes halogenated alkanes) is 6. The molecule has 2 aromatic carbocycles. The zero-order valence-corrected chi connectivity index (χ0v) is 29.7. The van der Waals surface area contributed by atoms with Gasteiger partial charge in [0.25, 0.3) is 0 Å². The van der Waals surface area contributed by atoms with Gasteiger partial charge in [0.1, 0.15) is 5.75 Å². The molecule has 0 radical (unpaired) electrons. The van der Waals surface area contributed by atoms with Crippen molar-refractivity contribution in [1.29, 1.82) is 5.26 Å². The van der Waals surface area contributed by atoms with E-state index in [9.17, 15) is 5.26 Å². The minimum absolute atomic E-state index is 0.568. The summed E-state index contributed by atoms with van der Waals surface area (Å²) in [6.07, 6.45) is 14.2. The van der Waals surface area contributed by atoms with Gasteiger partial charge in [-0.05, 0) is 109 Å². The number of thiophene rings is 2. The molecule has 4 rings (SSSR count). The predicted molar refractivity (Wildman–Crippen MR) is 198 cm³/mol. The predicted octanol–water partition coefficient (Wildman–Crippen LogP) is 13.1. The topological polar surface area (TPSA) is 33.0 Å². The maximum Gasteiger partial charge on any atom is 0.119 e. The lowest BCUT2D eigenvalue weighted by Gasteiger charge is -2.07. The van der Waals surface area contributed by atoms with Crippen molar-refractivity contribution in [2.75, 3.05) is 6.61 Å². The first-order valence-electron chi connectivity index (χ1n) is 17.0. The van der Waals surface area contributed by atoms with Gasteiger partial charge in [0, 0.05) is 19.5 Å². The van der Waals surface area contributed by atoms with Gasteiger partial charge in [-0.25, -0.2) is 0 Å². The molecular formula is C41H51NOS2. The van der Waals surface area contributed by atoms with Crippen LogP contribution in [-0.4, -0.2) is 6.61 Å². The fourth-order valence-electron chi connectivity index (χ4n) is 5.70. The fourth-order valence-corrected chi connectivity index (χ4v) is 8.26. The van der Waals surface area contributed by atoms with Gasteiger partial charge in [-0.3, -0.25) is 0 Å². The second-order valence-corrected chi connectivity index (χ2v) is 14.9. The molecule has 2 aromatic heterocycles. The molecule has 4 heteroatoms. The largest absolute Gasteiger partial charge is 0.494 e. The monoisotopic (exact) mass is 637 g/mol. The Balaban J connectivity index is 1.27. The van der Waals surface area contributed by atoms with Crippen LogP contribution < -0.4 is 4.74 Å². The summed E-state index contributed by atoms with van der Waals surface area (Å²) in [5.74, 6) is 2.02. The summed E-state index contributed by atoms with van der Waals surface area (Å²) in [7, 11) is 0. The van der Waals surface area contributed by atoms with Crippen molar-refractivity contribution in [3.05, 3.63) is 98.7 Å².